The Labute approximate surface area is 153 Å². The molecule has 140 valence electrons. The molecule has 1 aromatic heterocycles. The zero-order valence-corrected chi connectivity index (χ0v) is 15.0. The van der Waals surface area contributed by atoms with E-state index in [-0.39, 0.29) is 23.8 Å². The lowest BCUT2D eigenvalue weighted by molar-refractivity contribution is -0.123. The van der Waals surface area contributed by atoms with Gasteiger partial charge in [0.25, 0.3) is 5.91 Å². The minimum Gasteiger partial charge on any atom is -0.377 e. The number of hydrogen-bond acceptors (Lipinski definition) is 5. The van der Waals surface area contributed by atoms with Crippen molar-refractivity contribution in [2.75, 3.05) is 19.7 Å². The van der Waals surface area contributed by atoms with Crippen LogP contribution in [-0.4, -0.2) is 52.5 Å². The second-order valence-corrected chi connectivity index (χ2v) is 7.75. The van der Waals surface area contributed by atoms with Gasteiger partial charge >= 0.3 is 0 Å². The predicted molar refractivity (Wildman–Crippen MR) is 94.3 cm³/mol. The highest BCUT2D eigenvalue weighted by molar-refractivity contribution is 5.92. The fourth-order valence-electron chi connectivity index (χ4n) is 4.10. The molecule has 1 aromatic rings. The van der Waals surface area contributed by atoms with Crippen LogP contribution in [0.2, 0.25) is 0 Å². The lowest BCUT2D eigenvalue weighted by atomic mass is 9.86. The number of aromatic nitrogens is 2. The van der Waals surface area contributed by atoms with E-state index in [4.69, 9.17) is 10.5 Å². The molecule has 1 aliphatic carbocycles. The third-order valence-corrected chi connectivity index (χ3v) is 5.88. The molecule has 2 aliphatic heterocycles. The van der Waals surface area contributed by atoms with E-state index in [0.717, 1.165) is 57.4 Å². The molecule has 0 spiro atoms. The normalized spacial score (nSPS) is 26.8. The van der Waals surface area contributed by atoms with E-state index in [1.54, 1.807) is 12.3 Å². The maximum absolute atomic E-state index is 12.7. The SMILES string of the molecule is NC(=O)[C@@H]1CCO[C@@H]1CC1CCN(C(=O)c2ccnc(C3CC3)n2)CC1. The molecule has 3 heterocycles. The first-order valence-electron chi connectivity index (χ1n) is 9.65. The number of primary amides is 1. The average molecular weight is 358 g/mol. The largest absolute Gasteiger partial charge is 0.377 e. The lowest BCUT2D eigenvalue weighted by Gasteiger charge is -2.33. The van der Waals surface area contributed by atoms with E-state index < -0.39 is 0 Å². The summed E-state index contributed by atoms with van der Waals surface area (Å²) in [6.07, 6.45) is 7.33. The van der Waals surface area contributed by atoms with Crippen LogP contribution >= 0.6 is 0 Å². The van der Waals surface area contributed by atoms with Crippen LogP contribution in [0.1, 0.15) is 60.8 Å². The number of piperidine rings is 1. The van der Waals surface area contributed by atoms with Gasteiger partial charge in [-0.2, -0.15) is 0 Å². The van der Waals surface area contributed by atoms with Crippen LogP contribution in [0.4, 0.5) is 0 Å². The summed E-state index contributed by atoms with van der Waals surface area (Å²) in [7, 11) is 0. The maximum Gasteiger partial charge on any atom is 0.272 e. The summed E-state index contributed by atoms with van der Waals surface area (Å²) in [5, 5.41) is 0. The lowest BCUT2D eigenvalue weighted by Crippen LogP contribution is -2.40. The molecule has 0 unspecified atom stereocenters. The minimum absolute atomic E-state index is 0.000112. The molecule has 0 radical (unpaired) electrons. The van der Waals surface area contributed by atoms with Crippen LogP contribution in [0.25, 0.3) is 0 Å². The molecule has 2 saturated heterocycles. The van der Waals surface area contributed by atoms with Gasteiger partial charge in [-0.05, 0) is 50.5 Å². The number of amides is 2. The molecule has 0 aromatic carbocycles. The molecular weight excluding hydrogens is 332 g/mol. The summed E-state index contributed by atoms with van der Waals surface area (Å²) in [6, 6.07) is 1.71. The molecule has 4 rings (SSSR count). The molecule has 1 saturated carbocycles. The van der Waals surface area contributed by atoms with Crippen LogP contribution in [-0.2, 0) is 9.53 Å². The molecule has 7 heteroatoms. The van der Waals surface area contributed by atoms with Crippen molar-refractivity contribution < 1.29 is 14.3 Å². The Morgan fingerprint density at radius 2 is 1.96 bits per heavy atom. The molecule has 2 atom stereocenters. The number of nitrogens with two attached hydrogens (primary N) is 1. The zero-order valence-electron chi connectivity index (χ0n) is 15.0. The molecular formula is C19H26N4O3. The Morgan fingerprint density at radius 3 is 2.65 bits per heavy atom. The van der Waals surface area contributed by atoms with E-state index in [1.165, 1.54) is 0 Å². The standard InChI is InChI=1S/C19H26N4O3/c20-17(24)14-6-10-26-16(14)11-12-4-8-23(9-5-12)19(25)15-3-7-21-18(22-15)13-1-2-13/h3,7,12-14,16H,1-2,4-6,8-11H2,(H2,20,24)/t14-,16-/m1/s1. The Hall–Kier alpha value is -2.02. The molecule has 7 nitrogen and oxygen atoms in total. The summed E-state index contributed by atoms with van der Waals surface area (Å²) < 4.78 is 5.72. The van der Waals surface area contributed by atoms with Gasteiger partial charge in [0.1, 0.15) is 11.5 Å². The summed E-state index contributed by atoms with van der Waals surface area (Å²) in [5.41, 5.74) is 5.98. The Balaban J connectivity index is 1.31. The molecule has 2 amide bonds. The van der Waals surface area contributed by atoms with Gasteiger partial charge in [0.2, 0.25) is 5.91 Å². The maximum atomic E-state index is 12.7. The number of carbonyl (C=O) groups is 2. The molecule has 0 bridgehead atoms. The minimum atomic E-state index is -0.254. The van der Waals surface area contributed by atoms with Crippen LogP contribution in [0.3, 0.4) is 0 Å². The van der Waals surface area contributed by atoms with Crippen molar-refractivity contribution in [1.82, 2.24) is 14.9 Å². The first-order chi connectivity index (χ1) is 12.6. The molecule has 3 fully saturated rings. The van der Waals surface area contributed by atoms with Crippen molar-refractivity contribution in [3.05, 3.63) is 23.8 Å². The third-order valence-electron chi connectivity index (χ3n) is 5.88. The second kappa shape index (κ2) is 7.31. The number of carbonyl (C=O) groups excluding carboxylic acids is 2. The molecule has 26 heavy (non-hydrogen) atoms. The highest BCUT2D eigenvalue weighted by Crippen LogP contribution is 2.38. The van der Waals surface area contributed by atoms with Gasteiger partial charge in [-0.3, -0.25) is 9.59 Å². The molecule has 2 N–H and O–H groups in total. The van der Waals surface area contributed by atoms with Crippen LogP contribution in [0.15, 0.2) is 12.3 Å². The van der Waals surface area contributed by atoms with Crippen molar-refractivity contribution in [3.63, 3.8) is 0 Å². The Bertz CT molecular complexity index is 683. The quantitative estimate of drug-likeness (QED) is 0.860. The van der Waals surface area contributed by atoms with Crippen LogP contribution in [0.5, 0.6) is 0 Å². The summed E-state index contributed by atoms with van der Waals surface area (Å²) in [5.74, 6) is 1.31. The van der Waals surface area contributed by atoms with Gasteiger partial charge in [0.15, 0.2) is 0 Å². The Kier molecular flexibility index (Phi) is 4.89. The number of ether oxygens (including phenoxy) is 1. The number of nitrogens with zero attached hydrogens (tertiary/aromatic N) is 3. The van der Waals surface area contributed by atoms with E-state index in [0.29, 0.717) is 24.1 Å². The van der Waals surface area contributed by atoms with Gasteiger partial charge in [0, 0.05) is 31.8 Å². The number of likely N-dealkylation sites (tertiary alicyclic amines) is 1. The number of hydrogen-bond donors (Lipinski definition) is 1. The summed E-state index contributed by atoms with van der Waals surface area (Å²) >= 11 is 0. The van der Waals surface area contributed by atoms with Crippen molar-refractivity contribution in [3.8, 4) is 0 Å². The fraction of sp³-hybridized carbons (Fsp3) is 0.684. The van der Waals surface area contributed by atoms with E-state index >= 15 is 0 Å². The summed E-state index contributed by atoms with van der Waals surface area (Å²) in [6.45, 7) is 2.06. The first-order valence-corrected chi connectivity index (χ1v) is 9.65. The van der Waals surface area contributed by atoms with E-state index in [1.807, 2.05) is 4.90 Å². The van der Waals surface area contributed by atoms with E-state index in [2.05, 4.69) is 9.97 Å². The van der Waals surface area contributed by atoms with Gasteiger partial charge in [-0.25, -0.2) is 9.97 Å². The highest BCUT2D eigenvalue weighted by atomic mass is 16.5. The van der Waals surface area contributed by atoms with Crippen LogP contribution in [0, 0.1) is 11.8 Å². The topological polar surface area (TPSA) is 98.4 Å². The molecule has 3 aliphatic rings. The predicted octanol–water partition coefficient (Wildman–Crippen LogP) is 1.49. The van der Waals surface area contributed by atoms with Gasteiger partial charge in [-0.1, -0.05) is 0 Å². The van der Waals surface area contributed by atoms with Gasteiger partial charge in [0.05, 0.1) is 12.0 Å². The first kappa shape index (κ1) is 17.4. The van der Waals surface area contributed by atoms with Crippen LogP contribution < -0.4 is 5.73 Å². The van der Waals surface area contributed by atoms with Crippen molar-refractivity contribution in [2.45, 2.75) is 50.5 Å². The third kappa shape index (κ3) is 3.72. The average Bonchev–Trinajstić information content (AvgIpc) is 3.41. The van der Waals surface area contributed by atoms with Gasteiger partial charge < -0.3 is 15.4 Å². The fourth-order valence-corrected chi connectivity index (χ4v) is 4.10. The Morgan fingerprint density at radius 1 is 1.19 bits per heavy atom. The zero-order chi connectivity index (χ0) is 18.1. The van der Waals surface area contributed by atoms with Crippen molar-refractivity contribution in [2.24, 2.45) is 17.6 Å². The summed E-state index contributed by atoms with van der Waals surface area (Å²) in [4.78, 5) is 34.9. The van der Waals surface area contributed by atoms with Gasteiger partial charge in [-0.15, -0.1) is 0 Å². The number of rotatable bonds is 5. The smallest absolute Gasteiger partial charge is 0.272 e. The van der Waals surface area contributed by atoms with Crippen molar-refractivity contribution in [1.29, 1.82) is 0 Å². The highest BCUT2D eigenvalue weighted by Gasteiger charge is 2.35. The van der Waals surface area contributed by atoms with Crippen molar-refractivity contribution >= 4 is 11.8 Å². The monoisotopic (exact) mass is 358 g/mol. The van der Waals surface area contributed by atoms with E-state index in [9.17, 15) is 9.59 Å². The second-order valence-electron chi connectivity index (χ2n) is 7.75.